The second kappa shape index (κ2) is 6.06. The van der Waals surface area contributed by atoms with Gasteiger partial charge in [0.25, 0.3) is 5.91 Å². The van der Waals surface area contributed by atoms with Gasteiger partial charge in [0.2, 0.25) is 10.0 Å². The zero-order valence-corrected chi connectivity index (χ0v) is 14.5. The van der Waals surface area contributed by atoms with Gasteiger partial charge in [-0.1, -0.05) is 15.9 Å². The molecule has 0 aliphatic heterocycles. The molecule has 1 amide bonds. The predicted octanol–water partition coefficient (Wildman–Crippen LogP) is 2.28. The maximum Gasteiger partial charge on any atom is 0.254 e. The largest absolute Gasteiger partial charge is 0.339 e. The summed E-state index contributed by atoms with van der Waals surface area (Å²) < 4.78 is 23.8. The fourth-order valence-electron chi connectivity index (χ4n) is 2.31. The zero-order valence-electron chi connectivity index (χ0n) is 12.1. The smallest absolute Gasteiger partial charge is 0.254 e. The average molecular weight is 375 g/mol. The van der Waals surface area contributed by atoms with Crippen molar-refractivity contribution in [3.8, 4) is 0 Å². The lowest BCUT2D eigenvalue weighted by Gasteiger charge is -2.22. The summed E-state index contributed by atoms with van der Waals surface area (Å²) in [7, 11) is -3.86. The molecule has 0 bridgehead atoms. The molecule has 0 heterocycles. The van der Waals surface area contributed by atoms with E-state index in [4.69, 9.17) is 5.14 Å². The molecule has 1 aromatic rings. The first kappa shape index (κ1) is 16.5. The van der Waals surface area contributed by atoms with E-state index in [1.54, 1.807) is 17.9 Å². The quantitative estimate of drug-likeness (QED) is 0.857. The highest BCUT2D eigenvalue weighted by atomic mass is 79.9. The van der Waals surface area contributed by atoms with Gasteiger partial charge in [0.05, 0.1) is 4.90 Å². The number of carbonyl (C=O) groups excluding carboxylic acids is 1. The number of amides is 1. The van der Waals surface area contributed by atoms with Crippen LogP contribution in [0.3, 0.4) is 0 Å². The molecule has 2 rings (SSSR count). The van der Waals surface area contributed by atoms with Crippen molar-refractivity contribution in [1.82, 2.24) is 4.90 Å². The highest BCUT2D eigenvalue weighted by Crippen LogP contribution is 2.31. The predicted molar refractivity (Wildman–Crippen MR) is 84.6 cm³/mol. The van der Waals surface area contributed by atoms with Gasteiger partial charge in [-0.15, -0.1) is 0 Å². The number of halogens is 1. The summed E-state index contributed by atoms with van der Waals surface area (Å²) in [4.78, 5) is 14.4. The molecule has 0 aromatic heterocycles. The van der Waals surface area contributed by atoms with E-state index in [2.05, 4.69) is 15.9 Å². The summed E-state index contributed by atoms with van der Waals surface area (Å²) in [6, 6.07) is 3.08. The molecular formula is C14H19BrN2O3S. The van der Waals surface area contributed by atoms with E-state index in [0.29, 0.717) is 28.1 Å². The van der Waals surface area contributed by atoms with Gasteiger partial charge in [0.15, 0.2) is 0 Å². The third kappa shape index (κ3) is 3.84. The molecule has 0 unspecified atom stereocenters. The van der Waals surface area contributed by atoms with Crippen molar-refractivity contribution in [3.63, 3.8) is 0 Å². The van der Waals surface area contributed by atoms with E-state index in [0.717, 1.165) is 19.4 Å². The van der Waals surface area contributed by atoms with Crippen molar-refractivity contribution in [2.24, 2.45) is 11.1 Å². The molecule has 1 saturated carbocycles. The topological polar surface area (TPSA) is 80.5 Å². The van der Waals surface area contributed by atoms with Gasteiger partial charge >= 0.3 is 0 Å². The van der Waals surface area contributed by atoms with Crippen molar-refractivity contribution in [2.75, 3.05) is 13.1 Å². The van der Waals surface area contributed by atoms with E-state index in [9.17, 15) is 13.2 Å². The maximum atomic E-state index is 12.7. The summed E-state index contributed by atoms with van der Waals surface area (Å²) in [5.41, 5.74) is 0.788. The Labute approximate surface area is 133 Å². The number of carbonyl (C=O) groups is 1. The van der Waals surface area contributed by atoms with Crippen molar-refractivity contribution in [1.29, 1.82) is 0 Å². The molecule has 116 valence electrons. The number of hydrogen-bond donors (Lipinski definition) is 1. The van der Waals surface area contributed by atoms with Crippen molar-refractivity contribution in [2.45, 2.75) is 31.6 Å². The van der Waals surface area contributed by atoms with Gasteiger partial charge in [0.1, 0.15) is 0 Å². The van der Waals surface area contributed by atoms with Crippen LogP contribution in [0.4, 0.5) is 0 Å². The Bertz CT molecular complexity index is 669. The summed E-state index contributed by atoms with van der Waals surface area (Å²) in [5.74, 6) is 0.437. The molecule has 21 heavy (non-hydrogen) atoms. The molecule has 0 saturated heterocycles. The van der Waals surface area contributed by atoms with Crippen LogP contribution < -0.4 is 5.14 Å². The Morgan fingerprint density at radius 3 is 2.52 bits per heavy atom. The Hall–Kier alpha value is -0.920. The standard InChI is InChI=1S/C14H19BrN2O3S/c1-3-17(8-10-4-5-10)14(18)12-6-11(15)7-13(9(12)2)21(16,19)20/h6-7,10H,3-5,8H2,1-2H3,(H2,16,19,20). The molecule has 1 aromatic carbocycles. The lowest BCUT2D eigenvalue weighted by atomic mass is 10.1. The Balaban J connectivity index is 2.42. The summed E-state index contributed by atoms with van der Waals surface area (Å²) in [6.45, 7) is 4.87. The first-order valence-corrected chi connectivity index (χ1v) is 9.20. The molecule has 1 aliphatic rings. The highest BCUT2D eigenvalue weighted by molar-refractivity contribution is 9.10. The van der Waals surface area contributed by atoms with Crippen LogP contribution in [0, 0.1) is 12.8 Å². The van der Waals surface area contributed by atoms with E-state index in [-0.39, 0.29) is 10.8 Å². The van der Waals surface area contributed by atoms with Crippen LogP contribution in [0.25, 0.3) is 0 Å². The number of primary sulfonamides is 1. The Kier molecular flexibility index (Phi) is 4.75. The van der Waals surface area contributed by atoms with Crippen LogP contribution in [0.2, 0.25) is 0 Å². The third-order valence-corrected chi connectivity index (χ3v) is 5.20. The SMILES string of the molecule is CCN(CC1CC1)C(=O)c1cc(Br)cc(S(N)(=O)=O)c1C. The highest BCUT2D eigenvalue weighted by Gasteiger charge is 2.28. The number of hydrogen-bond acceptors (Lipinski definition) is 3. The number of nitrogens with two attached hydrogens (primary N) is 1. The van der Waals surface area contributed by atoms with Crippen molar-refractivity contribution < 1.29 is 13.2 Å². The summed E-state index contributed by atoms with van der Waals surface area (Å²) >= 11 is 3.25. The monoisotopic (exact) mass is 374 g/mol. The van der Waals surface area contributed by atoms with Crippen LogP contribution in [-0.2, 0) is 10.0 Å². The van der Waals surface area contributed by atoms with Gasteiger partial charge in [-0.3, -0.25) is 4.79 Å². The number of nitrogens with zero attached hydrogens (tertiary/aromatic N) is 1. The van der Waals surface area contributed by atoms with Crippen LogP contribution in [-0.4, -0.2) is 32.3 Å². The Morgan fingerprint density at radius 1 is 1.43 bits per heavy atom. The van der Waals surface area contributed by atoms with Crippen molar-refractivity contribution in [3.05, 3.63) is 27.7 Å². The molecule has 7 heteroatoms. The molecule has 1 fully saturated rings. The van der Waals surface area contributed by atoms with Gasteiger partial charge in [-0.05, 0) is 50.3 Å². The molecule has 0 atom stereocenters. The lowest BCUT2D eigenvalue weighted by molar-refractivity contribution is 0.0756. The lowest BCUT2D eigenvalue weighted by Crippen LogP contribution is -2.33. The molecule has 2 N–H and O–H groups in total. The minimum atomic E-state index is -3.86. The Morgan fingerprint density at radius 2 is 2.05 bits per heavy atom. The summed E-state index contributed by atoms with van der Waals surface area (Å²) in [5, 5.41) is 5.22. The van der Waals surface area contributed by atoms with E-state index in [1.807, 2.05) is 6.92 Å². The fraction of sp³-hybridized carbons (Fsp3) is 0.500. The second-order valence-corrected chi connectivity index (χ2v) is 7.85. The van der Waals surface area contributed by atoms with Crippen LogP contribution >= 0.6 is 15.9 Å². The minimum Gasteiger partial charge on any atom is -0.339 e. The molecule has 1 aliphatic carbocycles. The number of benzene rings is 1. The molecule has 0 radical (unpaired) electrons. The summed E-state index contributed by atoms with van der Waals surface area (Å²) in [6.07, 6.45) is 2.31. The maximum absolute atomic E-state index is 12.7. The number of sulfonamides is 1. The first-order valence-electron chi connectivity index (χ1n) is 6.86. The average Bonchev–Trinajstić information content (AvgIpc) is 3.20. The molecular weight excluding hydrogens is 356 g/mol. The minimum absolute atomic E-state index is 0.0114. The van der Waals surface area contributed by atoms with Crippen LogP contribution in [0.15, 0.2) is 21.5 Å². The number of rotatable bonds is 5. The van der Waals surface area contributed by atoms with Gasteiger partial charge in [-0.2, -0.15) is 0 Å². The van der Waals surface area contributed by atoms with Crippen LogP contribution in [0.5, 0.6) is 0 Å². The molecule has 5 nitrogen and oxygen atoms in total. The molecule has 0 spiro atoms. The fourth-order valence-corrected chi connectivity index (χ4v) is 3.75. The first-order chi connectivity index (χ1) is 9.74. The van der Waals surface area contributed by atoms with Crippen LogP contribution in [0.1, 0.15) is 35.7 Å². The zero-order chi connectivity index (χ0) is 15.8. The second-order valence-electron chi connectivity index (χ2n) is 5.41. The van der Waals surface area contributed by atoms with Gasteiger partial charge in [-0.25, -0.2) is 13.6 Å². The van der Waals surface area contributed by atoms with Crippen molar-refractivity contribution >= 4 is 31.9 Å². The van der Waals surface area contributed by atoms with E-state index >= 15 is 0 Å². The van der Waals surface area contributed by atoms with E-state index in [1.165, 1.54) is 6.07 Å². The van der Waals surface area contributed by atoms with Gasteiger partial charge in [0, 0.05) is 23.1 Å². The van der Waals surface area contributed by atoms with E-state index < -0.39 is 10.0 Å². The normalized spacial score (nSPS) is 15.0. The third-order valence-electron chi connectivity index (χ3n) is 3.71. The van der Waals surface area contributed by atoms with Gasteiger partial charge < -0.3 is 4.90 Å².